The van der Waals surface area contributed by atoms with Gasteiger partial charge in [0.1, 0.15) is 22.6 Å². The van der Waals surface area contributed by atoms with Crippen molar-refractivity contribution >= 4 is 15.9 Å². The minimum atomic E-state index is 0.319. The molecule has 2 aromatic rings. The average Bonchev–Trinajstić information content (AvgIpc) is 2.63. The molecule has 0 radical (unpaired) electrons. The van der Waals surface area contributed by atoms with E-state index in [4.69, 9.17) is 4.74 Å². The highest BCUT2D eigenvalue weighted by atomic mass is 79.9. The normalized spacial score (nSPS) is 10.3. The number of pyridine rings is 1. The van der Waals surface area contributed by atoms with Crippen molar-refractivity contribution in [3.8, 4) is 5.75 Å². The van der Waals surface area contributed by atoms with Gasteiger partial charge in [0.05, 0.1) is 0 Å². The molecule has 0 aliphatic heterocycles. The number of ether oxygens (including phenoxy) is 1. The molecule has 0 atom stereocenters. The summed E-state index contributed by atoms with van der Waals surface area (Å²) in [7, 11) is 0. The van der Waals surface area contributed by atoms with Crippen molar-refractivity contribution in [3.63, 3.8) is 0 Å². The Morgan fingerprint density at radius 2 is 2.33 bits per heavy atom. The molecular formula is C9H8BrN3O2. The van der Waals surface area contributed by atoms with Crippen LogP contribution in [0.4, 0.5) is 0 Å². The monoisotopic (exact) mass is 269 g/mol. The van der Waals surface area contributed by atoms with Gasteiger partial charge in [-0.2, -0.15) is 0 Å². The van der Waals surface area contributed by atoms with Crippen LogP contribution in [0.1, 0.15) is 11.4 Å². The van der Waals surface area contributed by atoms with E-state index in [-0.39, 0.29) is 0 Å². The highest BCUT2D eigenvalue weighted by Crippen LogP contribution is 2.22. The number of rotatable bonds is 3. The van der Waals surface area contributed by atoms with Gasteiger partial charge in [-0.1, -0.05) is 10.3 Å². The quantitative estimate of drug-likeness (QED) is 0.799. The molecule has 0 bridgehead atoms. The fraction of sp³-hybridized carbons (Fsp3) is 0.222. The molecule has 0 N–H and O–H groups in total. The van der Waals surface area contributed by atoms with E-state index in [1.807, 2.05) is 13.0 Å². The molecule has 0 fully saturated rings. The Kier molecular flexibility index (Phi) is 2.96. The second-order valence-corrected chi connectivity index (χ2v) is 3.63. The highest BCUT2D eigenvalue weighted by Gasteiger charge is 2.07. The molecule has 78 valence electrons. The molecule has 0 amide bonds. The van der Waals surface area contributed by atoms with Gasteiger partial charge >= 0.3 is 0 Å². The molecule has 2 heterocycles. The van der Waals surface area contributed by atoms with E-state index in [0.717, 1.165) is 5.69 Å². The maximum Gasteiger partial charge on any atom is 0.152 e. The number of aromatic nitrogens is 3. The van der Waals surface area contributed by atoms with Gasteiger partial charge in [-0.25, -0.2) is 9.61 Å². The predicted octanol–water partition coefficient (Wildman–Crippen LogP) is 2.11. The van der Waals surface area contributed by atoms with Crippen LogP contribution in [0, 0.1) is 6.92 Å². The van der Waals surface area contributed by atoms with Crippen LogP contribution in [0.3, 0.4) is 0 Å². The highest BCUT2D eigenvalue weighted by molar-refractivity contribution is 9.10. The zero-order chi connectivity index (χ0) is 10.7. The predicted molar refractivity (Wildman–Crippen MR) is 55.3 cm³/mol. The van der Waals surface area contributed by atoms with Crippen LogP contribution in [0.2, 0.25) is 0 Å². The van der Waals surface area contributed by atoms with Gasteiger partial charge in [0.25, 0.3) is 0 Å². The van der Waals surface area contributed by atoms with Crippen molar-refractivity contribution in [1.82, 2.24) is 15.3 Å². The average molecular weight is 270 g/mol. The number of aryl methyl sites for hydroxylation is 1. The maximum atomic E-state index is 5.49. The van der Waals surface area contributed by atoms with Gasteiger partial charge in [0.15, 0.2) is 5.75 Å². The molecule has 0 aliphatic carbocycles. The van der Waals surface area contributed by atoms with E-state index in [1.54, 1.807) is 12.3 Å². The molecule has 0 aromatic carbocycles. The maximum absolute atomic E-state index is 5.49. The van der Waals surface area contributed by atoms with E-state index in [9.17, 15) is 0 Å². The van der Waals surface area contributed by atoms with Crippen LogP contribution in [-0.4, -0.2) is 15.3 Å². The van der Waals surface area contributed by atoms with Crippen LogP contribution < -0.4 is 4.74 Å². The van der Waals surface area contributed by atoms with Gasteiger partial charge in [-0.3, -0.25) is 0 Å². The fourth-order valence-corrected chi connectivity index (χ4v) is 1.37. The summed E-state index contributed by atoms with van der Waals surface area (Å²) < 4.78 is 10.7. The Balaban J connectivity index is 2.06. The first-order valence-corrected chi connectivity index (χ1v) is 5.08. The second-order valence-electron chi connectivity index (χ2n) is 2.88. The largest absolute Gasteiger partial charge is 0.484 e. The van der Waals surface area contributed by atoms with Crippen molar-refractivity contribution in [3.05, 3.63) is 34.3 Å². The fourth-order valence-electron chi connectivity index (χ4n) is 1.01. The molecule has 6 heteroatoms. The Morgan fingerprint density at radius 1 is 1.47 bits per heavy atom. The molecule has 2 rings (SSSR count). The zero-order valence-corrected chi connectivity index (χ0v) is 9.56. The summed E-state index contributed by atoms with van der Waals surface area (Å²) in [5.41, 5.74) is 1.42. The smallest absolute Gasteiger partial charge is 0.152 e. The summed E-state index contributed by atoms with van der Waals surface area (Å²) in [4.78, 5) is 4.03. The van der Waals surface area contributed by atoms with Crippen LogP contribution in [0.25, 0.3) is 0 Å². The van der Waals surface area contributed by atoms with Crippen molar-refractivity contribution in [1.29, 1.82) is 0 Å². The molecule has 2 aromatic heterocycles. The lowest BCUT2D eigenvalue weighted by molar-refractivity contribution is 0.268. The second kappa shape index (κ2) is 4.39. The lowest BCUT2D eigenvalue weighted by Crippen LogP contribution is -1.98. The van der Waals surface area contributed by atoms with Crippen molar-refractivity contribution in [2.45, 2.75) is 13.5 Å². The van der Waals surface area contributed by atoms with Gasteiger partial charge in [0, 0.05) is 6.20 Å². The third-order valence-corrected chi connectivity index (χ3v) is 2.43. The number of hydrogen-bond acceptors (Lipinski definition) is 5. The molecule has 0 unspecified atom stereocenters. The summed E-state index contributed by atoms with van der Waals surface area (Å²) >= 11 is 3.28. The topological polar surface area (TPSA) is 61.0 Å². The molecule has 0 aliphatic rings. The summed E-state index contributed by atoms with van der Waals surface area (Å²) in [6.07, 6.45) is 1.68. The van der Waals surface area contributed by atoms with E-state index in [2.05, 4.69) is 35.9 Å². The van der Waals surface area contributed by atoms with Crippen LogP contribution >= 0.6 is 15.9 Å². The number of nitrogens with zero attached hydrogens (tertiary/aromatic N) is 3. The Hall–Kier alpha value is -1.43. The summed E-state index contributed by atoms with van der Waals surface area (Å²) in [6.45, 7) is 2.13. The van der Waals surface area contributed by atoms with Crippen molar-refractivity contribution in [2.24, 2.45) is 0 Å². The van der Waals surface area contributed by atoms with E-state index in [0.29, 0.717) is 22.7 Å². The summed E-state index contributed by atoms with van der Waals surface area (Å²) in [5.74, 6) is 0.667. The minimum absolute atomic E-state index is 0.319. The number of hydrogen-bond donors (Lipinski definition) is 0. The number of halogens is 1. The third kappa shape index (κ3) is 2.33. The lowest BCUT2D eigenvalue weighted by atomic mass is 10.4. The minimum Gasteiger partial charge on any atom is -0.484 e. The first-order chi connectivity index (χ1) is 7.27. The first-order valence-electron chi connectivity index (χ1n) is 4.28. The zero-order valence-electron chi connectivity index (χ0n) is 7.98. The van der Waals surface area contributed by atoms with Gasteiger partial charge in [0.2, 0.25) is 0 Å². The standard InChI is InChI=1S/C9H8BrN3O2/c1-6-7(13-15-12-6)5-14-8-3-2-4-11-9(8)10/h2-4H,5H2,1H3. The molecule has 15 heavy (non-hydrogen) atoms. The molecule has 0 saturated heterocycles. The Bertz CT molecular complexity index is 458. The van der Waals surface area contributed by atoms with E-state index in [1.165, 1.54) is 0 Å². The summed E-state index contributed by atoms with van der Waals surface area (Å²) in [6, 6.07) is 3.62. The van der Waals surface area contributed by atoms with Gasteiger partial charge < -0.3 is 4.74 Å². The Labute approximate surface area is 94.6 Å². The van der Waals surface area contributed by atoms with Crippen LogP contribution in [0.5, 0.6) is 5.75 Å². The Morgan fingerprint density at radius 3 is 3.00 bits per heavy atom. The van der Waals surface area contributed by atoms with Gasteiger partial charge in [-0.05, 0) is 35.0 Å². The van der Waals surface area contributed by atoms with Crippen molar-refractivity contribution < 1.29 is 9.37 Å². The SMILES string of the molecule is Cc1nonc1COc1cccnc1Br. The third-order valence-electron chi connectivity index (χ3n) is 1.84. The molecular weight excluding hydrogens is 262 g/mol. The van der Waals surface area contributed by atoms with Crippen LogP contribution in [0.15, 0.2) is 27.6 Å². The first kappa shape index (κ1) is 10.1. The molecule has 5 nitrogen and oxygen atoms in total. The van der Waals surface area contributed by atoms with Crippen LogP contribution in [-0.2, 0) is 6.61 Å². The summed E-state index contributed by atoms with van der Waals surface area (Å²) in [5, 5.41) is 7.37. The van der Waals surface area contributed by atoms with Gasteiger partial charge in [-0.15, -0.1) is 0 Å². The van der Waals surface area contributed by atoms with E-state index < -0.39 is 0 Å². The van der Waals surface area contributed by atoms with E-state index >= 15 is 0 Å². The molecule has 0 saturated carbocycles. The molecule has 0 spiro atoms. The van der Waals surface area contributed by atoms with Crippen molar-refractivity contribution in [2.75, 3.05) is 0 Å². The lowest BCUT2D eigenvalue weighted by Gasteiger charge is -2.04.